The predicted molar refractivity (Wildman–Crippen MR) is 100 cm³/mol. The lowest BCUT2D eigenvalue weighted by Gasteiger charge is -2.35. The molecule has 2 aliphatic rings. The topological polar surface area (TPSA) is 68.2 Å². The molecule has 8 heteroatoms. The van der Waals surface area contributed by atoms with Gasteiger partial charge in [-0.3, -0.25) is 0 Å². The molecule has 0 unspecified atom stereocenters. The number of methoxy groups -OCH3 is 2. The molecule has 26 heavy (non-hydrogen) atoms. The molecule has 0 aromatic heterocycles. The predicted octanol–water partition coefficient (Wildman–Crippen LogP) is 3.65. The maximum Gasteiger partial charge on any atom is 0.346 e. The smallest absolute Gasteiger partial charge is 0.346 e. The summed E-state index contributed by atoms with van der Waals surface area (Å²) in [5, 5.41) is 1.21. The standard InChI is InChI=1S/C18H17ClN2O4S/c1-9-13(16(22)24-3)14(11-5-7-12(19)8-6-11)21-10(2)15(17(23)25-4)26-18(21)20-9/h5-8,14H,1-4H3/t14-/m0/s1. The molecule has 0 aliphatic carbocycles. The van der Waals surface area contributed by atoms with E-state index in [1.165, 1.54) is 26.0 Å². The van der Waals surface area contributed by atoms with Gasteiger partial charge in [-0.15, -0.1) is 0 Å². The SMILES string of the molecule is COC(=O)C1=C(C)N2C(=NC(C)=C(C(=O)OC)[C@@H]2c2ccc(Cl)cc2)S1. The van der Waals surface area contributed by atoms with E-state index in [1.807, 2.05) is 17.0 Å². The van der Waals surface area contributed by atoms with Gasteiger partial charge in [-0.05, 0) is 43.3 Å². The summed E-state index contributed by atoms with van der Waals surface area (Å²) >= 11 is 7.24. The lowest BCUT2D eigenvalue weighted by molar-refractivity contribution is -0.137. The number of carbonyl (C=O) groups excluding carboxylic acids is 2. The van der Waals surface area contributed by atoms with Crippen molar-refractivity contribution < 1.29 is 19.1 Å². The molecule has 2 heterocycles. The van der Waals surface area contributed by atoms with Crippen LogP contribution in [0.25, 0.3) is 0 Å². The molecule has 0 fully saturated rings. The molecular weight excluding hydrogens is 376 g/mol. The van der Waals surface area contributed by atoms with E-state index in [0.717, 1.165) is 5.56 Å². The van der Waals surface area contributed by atoms with Crippen molar-refractivity contribution in [2.24, 2.45) is 4.99 Å². The highest BCUT2D eigenvalue weighted by Crippen LogP contribution is 2.47. The largest absolute Gasteiger partial charge is 0.466 e. The second-order valence-corrected chi connectivity index (χ2v) is 7.13. The van der Waals surface area contributed by atoms with Gasteiger partial charge in [-0.2, -0.15) is 0 Å². The van der Waals surface area contributed by atoms with Crippen LogP contribution in [0.15, 0.2) is 51.1 Å². The number of esters is 2. The third-order valence-corrected chi connectivity index (χ3v) is 5.62. The number of rotatable bonds is 3. The van der Waals surface area contributed by atoms with Gasteiger partial charge in [-0.1, -0.05) is 23.7 Å². The minimum Gasteiger partial charge on any atom is -0.466 e. The van der Waals surface area contributed by atoms with Crippen molar-refractivity contribution in [2.75, 3.05) is 14.2 Å². The summed E-state index contributed by atoms with van der Waals surface area (Å²) in [6.45, 7) is 3.56. The summed E-state index contributed by atoms with van der Waals surface area (Å²) < 4.78 is 9.85. The zero-order chi connectivity index (χ0) is 19.0. The van der Waals surface area contributed by atoms with E-state index in [-0.39, 0.29) is 0 Å². The van der Waals surface area contributed by atoms with Crippen LogP contribution in [-0.4, -0.2) is 36.2 Å². The number of hydrogen-bond donors (Lipinski definition) is 0. The van der Waals surface area contributed by atoms with Gasteiger partial charge < -0.3 is 14.4 Å². The molecule has 0 amide bonds. The van der Waals surface area contributed by atoms with Gasteiger partial charge in [-0.25, -0.2) is 14.6 Å². The minimum atomic E-state index is -0.470. The number of thioether (sulfide) groups is 1. The van der Waals surface area contributed by atoms with Gasteiger partial charge in [0, 0.05) is 10.7 Å². The first-order chi connectivity index (χ1) is 12.4. The van der Waals surface area contributed by atoms with Gasteiger partial charge in [0.15, 0.2) is 5.17 Å². The monoisotopic (exact) mass is 392 g/mol. The van der Waals surface area contributed by atoms with Crippen molar-refractivity contribution >= 4 is 40.5 Å². The molecule has 136 valence electrons. The number of halogens is 1. The number of fused-ring (bicyclic) bond motifs is 1. The van der Waals surface area contributed by atoms with E-state index >= 15 is 0 Å². The van der Waals surface area contributed by atoms with E-state index in [2.05, 4.69) is 4.99 Å². The maximum atomic E-state index is 12.5. The third kappa shape index (κ3) is 3.01. The zero-order valence-corrected chi connectivity index (χ0v) is 16.3. The Morgan fingerprint density at radius 2 is 1.73 bits per heavy atom. The van der Waals surface area contributed by atoms with Crippen molar-refractivity contribution in [3.8, 4) is 0 Å². The van der Waals surface area contributed by atoms with Gasteiger partial charge in [0.25, 0.3) is 0 Å². The molecule has 0 saturated carbocycles. The number of benzene rings is 1. The van der Waals surface area contributed by atoms with Crippen molar-refractivity contribution in [3.63, 3.8) is 0 Å². The maximum absolute atomic E-state index is 12.5. The number of hydrogen-bond acceptors (Lipinski definition) is 7. The highest BCUT2D eigenvalue weighted by atomic mass is 35.5. The van der Waals surface area contributed by atoms with Crippen LogP contribution < -0.4 is 0 Å². The fraction of sp³-hybridized carbons (Fsp3) is 0.278. The normalized spacial score (nSPS) is 19.3. The van der Waals surface area contributed by atoms with Crippen LogP contribution in [0.1, 0.15) is 25.5 Å². The Bertz CT molecular complexity index is 874. The number of amidine groups is 1. The molecule has 0 bridgehead atoms. The van der Waals surface area contributed by atoms with E-state index in [4.69, 9.17) is 21.1 Å². The average Bonchev–Trinajstić information content (AvgIpc) is 2.96. The molecule has 2 aliphatic heterocycles. The first-order valence-electron chi connectivity index (χ1n) is 7.78. The fourth-order valence-electron chi connectivity index (χ4n) is 2.99. The number of carbonyl (C=O) groups is 2. The minimum absolute atomic E-state index is 0.421. The van der Waals surface area contributed by atoms with Gasteiger partial charge >= 0.3 is 11.9 Å². The third-order valence-electron chi connectivity index (χ3n) is 4.24. The second-order valence-electron chi connectivity index (χ2n) is 5.72. The molecule has 1 aromatic rings. The van der Waals surface area contributed by atoms with Crippen LogP contribution in [-0.2, 0) is 19.1 Å². The Morgan fingerprint density at radius 3 is 2.31 bits per heavy atom. The average molecular weight is 393 g/mol. The van der Waals surface area contributed by atoms with E-state index in [9.17, 15) is 9.59 Å². The summed E-state index contributed by atoms with van der Waals surface area (Å²) in [4.78, 5) is 31.4. The van der Waals surface area contributed by atoms with Gasteiger partial charge in [0.05, 0.1) is 31.5 Å². The summed E-state index contributed by atoms with van der Waals surface area (Å²) in [5.74, 6) is -0.897. The summed E-state index contributed by atoms with van der Waals surface area (Å²) in [5.41, 5.74) is 2.49. The Kier molecular flexibility index (Phi) is 5.11. The molecule has 0 saturated heterocycles. The Labute approximate surface area is 160 Å². The Morgan fingerprint density at radius 1 is 1.12 bits per heavy atom. The van der Waals surface area contributed by atoms with E-state index in [1.54, 1.807) is 26.0 Å². The molecule has 6 nitrogen and oxygen atoms in total. The van der Waals surface area contributed by atoms with Crippen LogP contribution in [0.2, 0.25) is 5.02 Å². The highest BCUT2D eigenvalue weighted by molar-refractivity contribution is 8.18. The Balaban J connectivity index is 2.18. The first kappa shape index (κ1) is 18.5. The van der Waals surface area contributed by atoms with Crippen LogP contribution >= 0.6 is 23.4 Å². The number of ether oxygens (including phenoxy) is 2. The second kappa shape index (κ2) is 7.17. The van der Waals surface area contributed by atoms with Crippen molar-refractivity contribution in [2.45, 2.75) is 19.9 Å². The molecule has 3 rings (SSSR count). The van der Waals surface area contributed by atoms with E-state index < -0.39 is 18.0 Å². The van der Waals surface area contributed by atoms with Crippen LogP contribution in [0, 0.1) is 0 Å². The van der Waals surface area contributed by atoms with Crippen LogP contribution in [0.3, 0.4) is 0 Å². The molecule has 0 radical (unpaired) electrons. The number of nitrogens with zero attached hydrogens (tertiary/aromatic N) is 2. The lowest BCUT2D eigenvalue weighted by Crippen LogP contribution is -2.35. The quantitative estimate of drug-likeness (QED) is 0.731. The zero-order valence-electron chi connectivity index (χ0n) is 14.7. The van der Waals surface area contributed by atoms with Gasteiger partial charge in [0.2, 0.25) is 0 Å². The fourth-order valence-corrected chi connectivity index (χ4v) is 4.24. The molecule has 1 aromatic carbocycles. The summed E-state index contributed by atoms with van der Waals surface area (Å²) in [6, 6.07) is 6.74. The van der Waals surface area contributed by atoms with Crippen LogP contribution in [0.4, 0.5) is 0 Å². The number of aliphatic imine (C=N–C) groups is 1. The molecule has 0 N–H and O–H groups in total. The Hall–Kier alpha value is -2.25. The molecular formula is C18H17ClN2O4S. The number of allylic oxidation sites excluding steroid dienone is 2. The van der Waals surface area contributed by atoms with E-state index in [0.29, 0.717) is 32.1 Å². The van der Waals surface area contributed by atoms with Crippen LogP contribution in [0.5, 0.6) is 0 Å². The molecule has 1 atom stereocenters. The first-order valence-corrected chi connectivity index (χ1v) is 8.98. The summed E-state index contributed by atoms with van der Waals surface area (Å²) in [6.07, 6.45) is 0. The van der Waals surface area contributed by atoms with Crippen molar-refractivity contribution in [1.82, 2.24) is 4.90 Å². The molecule has 0 spiro atoms. The highest BCUT2D eigenvalue weighted by Gasteiger charge is 2.43. The van der Waals surface area contributed by atoms with Crippen molar-refractivity contribution in [3.05, 3.63) is 56.7 Å². The lowest BCUT2D eigenvalue weighted by atomic mass is 9.94. The van der Waals surface area contributed by atoms with Gasteiger partial charge in [0.1, 0.15) is 4.91 Å². The summed E-state index contributed by atoms with van der Waals surface area (Å²) in [7, 11) is 2.67. The van der Waals surface area contributed by atoms with Crippen molar-refractivity contribution in [1.29, 1.82) is 0 Å².